The van der Waals surface area contributed by atoms with Crippen LogP contribution in [0.2, 0.25) is 0 Å². The number of likely N-dealkylation sites (tertiary alicyclic amines) is 1. The Morgan fingerprint density at radius 2 is 2.22 bits per heavy atom. The molecule has 2 fully saturated rings. The first-order valence-electron chi connectivity index (χ1n) is 9.68. The zero-order valence-corrected chi connectivity index (χ0v) is 16.0. The van der Waals surface area contributed by atoms with Crippen LogP contribution in [0.3, 0.4) is 0 Å². The number of aromatic amines is 1. The monoisotopic (exact) mass is 369 g/mol. The molecule has 4 rings (SSSR count). The fourth-order valence-electron chi connectivity index (χ4n) is 4.48. The number of H-pyrrole nitrogens is 1. The van der Waals surface area contributed by atoms with E-state index in [1.165, 1.54) is 10.5 Å². The summed E-state index contributed by atoms with van der Waals surface area (Å²) in [5.74, 6) is 0.257. The molecule has 2 amide bonds. The van der Waals surface area contributed by atoms with Crippen LogP contribution in [-0.2, 0) is 11.2 Å². The Bertz CT molecular complexity index is 806. The molecule has 2 atom stereocenters. The van der Waals surface area contributed by atoms with Crippen molar-refractivity contribution in [1.82, 2.24) is 20.1 Å². The number of fused-ring (bicyclic) bond motifs is 1. The predicted octanol–water partition coefficient (Wildman–Crippen LogP) is 1.97. The first kappa shape index (κ1) is 17.8. The van der Waals surface area contributed by atoms with Crippen molar-refractivity contribution in [1.29, 1.82) is 5.41 Å². The summed E-state index contributed by atoms with van der Waals surface area (Å²) >= 11 is 0. The van der Waals surface area contributed by atoms with Crippen molar-refractivity contribution in [3.8, 4) is 0 Å². The highest BCUT2D eigenvalue weighted by Gasteiger charge is 2.44. The Labute approximate surface area is 159 Å². The van der Waals surface area contributed by atoms with Crippen molar-refractivity contribution in [2.45, 2.75) is 44.6 Å². The minimum Gasteiger partial charge on any atom is -0.351 e. The number of carbonyl (C=O) groups is 2. The molecule has 3 N–H and O–H groups in total. The van der Waals surface area contributed by atoms with Crippen molar-refractivity contribution in [2.24, 2.45) is 5.92 Å². The molecule has 3 aliphatic rings. The molecule has 7 nitrogen and oxygen atoms in total. The third-order valence-electron chi connectivity index (χ3n) is 6.27. The maximum Gasteiger partial charge on any atom is 0.270 e. The first-order chi connectivity index (χ1) is 12.9. The van der Waals surface area contributed by atoms with Crippen LogP contribution >= 0.6 is 0 Å². The number of guanidine groups is 1. The average molecular weight is 369 g/mol. The minimum absolute atomic E-state index is 0.0282. The lowest BCUT2D eigenvalue weighted by Gasteiger charge is -2.47. The van der Waals surface area contributed by atoms with Gasteiger partial charge in [0.05, 0.1) is 12.0 Å². The summed E-state index contributed by atoms with van der Waals surface area (Å²) < 4.78 is 0. The fraction of sp³-hybridized carbons (Fsp3) is 0.550. The molecule has 2 aliphatic heterocycles. The highest BCUT2D eigenvalue weighted by atomic mass is 16.2. The van der Waals surface area contributed by atoms with Gasteiger partial charge in [0.1, 0.15) is 5.69 Å². The van der Waals surface area contributed by atoms with Crippen molar-refractivity contribution < 1.29 is 9.59 Å². The van der Waals surface area contributed by atoms with E-state index < -0.39 is 5.54 Å². The summed E-state index contributed by atoms with van der Waals surface area (Å²) in [6.45, 7) is 3.34. The molecule has 3 heterocycles. The number of aromatic nitrogens is 1. The van der Waals surface area contributed by atoms with Crippen molar-refractivity contribution >= 4 is 23.8 Å². The van der Waals surface area contributed by atoms with Gasteiger partial charge < -0.3 is 15.2 Å². The van der Waals surface area contributed by atoms with Gasteiger partial charge in [-0.1, -0.05) is 6.08 Å². The maximum atomic E-state index is 13.1. The molecule has 0 radical (unpaired) electrons. The molecule has 0 saturated carbocycles. The molecule has 2 saturated heterocycles. The number of carbonyl (C=O) groups excluding carboxylic acids is 2. The van der Waals surface area contributed by atoms with Gasteiger partial charge in [-0.25, -0.2) is 0 Å². The lowest BCUT2D eigenvalue weighted by atomic mass is 9.76. The molecule has 27 heavy (non-hydrogen) atoms. The van der Waals surface area contributed by atoms with Crippen LogP contribution < -0.4 is 5.32 Å². The van der Waals surface area contributed by atoms with Crippen molar-refractivity contribution in [3.05, 3.63) is 29.1 Å². The summed E-state index contributed by atoms with van der Waals surface area (Å²) in [4.78, 5) is 31.8. The lowest BCUT2D eigenvalue weighted by molar-refractivity contribution is -0.130. The van der Waals surface area contributed by atoms with Gasteiger partial charge in [0, 0.05) is 25.8 Å². The van der Waals surface area contributed by atoms with Crippen LogP contribution in [0.1, 0.15) is 54.4 Å². The van der Waals surface area contributed by atoms with Gasteiger partial charge in [-0.3, -0.25) is 19.9 Å². The molecule has 1 aromatic heterocycles. The largest absolute Gasteiger partial charge is 0.351 e. The van der Waals surface area contributed by atoms with Gasteiger partial charge >= 0.3 is 0 Å². The highest BCUT2D eigenvalue weighted by Crippen LogP contribution is 2.33. The third kappa shape index (κ3) is 3.15. The van der Waals surface area contributed by atoms with Crippen LogP contribution in [0, 0.1) is 11.3 Å². The zero-order chi connectivity index (χ0) is 19.2. The minimum atomic E-state index is -0.489. The van der Waals surface area contributed by atoms with Gasteiger partial charge in [-0.15, -0.1) is 0 Å². The van der Waals surface area contributed by atoms with E-state index in [9.17, 15) is 9.59 Å². The smallest absolute Gasteiger partial charge is 0.270 e. The number of hydrogen-bond donors (Lipinski definition) is 3. The number of allylic oxidation sites excluding steroid dienone is 1. The van der Waals surface area contributed by atoms with E-state index in [-0.39, 0.29) is 23.7 Å². The molecular weight excluding hydrogens is 342 g/mol. The Hall–Kier alpha value is -2.57. The van der Waals surface area contributed by atoms with Gasteiger partial charge in [0.15, 0.2) is 5.96 Å². The van der Waals surface area contributed by atoms with E-state index >= 15 is 0 Å². The normalized spacial score (nSPS) is 28.1. The van der Waals surface area contributed by atoms with E-state index in [2.05, 4.69) is 22.5 Å². The number of hydrogen-bond acceptors (Lipinski definition) is 3. The van der Waals surface area contributed by atoms with Crippen molar-refractivity contribution in [3.63, 3.8) is 0 Å². The van der Waals surface area contributed by atoms with Crippen LogP contribution in [0.15, 0.2) is 12.1 Å². The average Bonchev–Trinajstić information content (AvgIpc) is 3.10. The molecule has 144 valence electrons. The van der Waals surface area contributed by atoms with Gasteiger partial charge in [0.2, 0.25) is 5.91 Å². The Balaban J connectivity index is 1.50. The van der Waals surface area contributed by atoms with E-state index in [4.69, 9.17) is 5.41 Å². The van der Waals surface area contributed by atoms with Gasteiger partial charge in [0.25, 0.3) is 5.91 Å². The summed E-state index contributed by atoms with van der Waals surface area (Å²) in [5, 5.41) is 11.3. The Morgan fingerprint density at radius 3 is 2.96 bits per heavy atom. The number of amides is 2. The fourth-order valence-corrected chi connectivity index (χ4v) is 4.48. The third-order valence-corrected chi connectivity index (χ3v) is 6.27. The SMILES string of the molecule is CN1C(=N)N[C@](C)(C2CCCN(C(=O)c3cc4c([nH]3)C=CCC4)C2)CC1=O. The van der Waals surface area contributed by atoms with Crippen molar-refractivity contribution in [2.75, 3.05) is 20.1 Å². The number of nitrogens with one attached hydrogen (secondary N) is 3. The van der Waals surface area contributed by atoms with Gasteiger partial charge in [-0.05, 0) is 56.2 Å². The summed E-state index contributed by atoms with van der Waals surface area (Å²) in [6, 6.07) is 1.99. The Morgan fingerprint density at radius 1 is 1.41 bits per heavy atom. The lowest BCUT2D eigenvalue weighted by Crippen LogP contribution is -2.65. The zero-order valence-electron chi connectivity index (χ0n) is 16.0. The van der Waals surface area contributed by atoms with E-state index in [1.807, 2.05) is 17.9 Å². The van der Waals surface area contributed by atoms with Crippen LogP contribution in [0.4, 0.5) is 0 Å². The van der Waals surface area contributed by atoms with E-state index in [0.717, 1.165) is 37.9 Å². The predicted molar refractivity (Wildman–Crippen MR) is 103 cm³/mol. The highest BCUT2D eigenvalue weighted by molar-refractivity contribution is 5.98. The maximum absolute atomic E-state index is 13.1. The molecule has 1 aliphatic carbocycles. The summed E-state index contributed by atoms with van der Waals surface area (Å²) in [5.41, 5.74) is 2.41. The molecule has 1 aromatic rings. The second-order valence-corrected chi connectivity index (χ2v) is 8.17. The van der Waals surface area contributed by atoms with E-state index in [0.29, 0.717) is 18.7 Å². The quantitative estimate of drug-likeness (QED) is 0.744. The first-order valence-corrected chi connectivity index (χ1v) is 9.68. The number of piperidine rings is 1. The summed E-state index contributed by atoms with van der Waals surface area (Å²) in [7, 11) is 1.62. The van der Waals surface area contributed by atoms with Crippen LogP contribution in [-0.4, -0.2) is 58.2 Å². The second-order valence-electron chi connectivity index (χ2n) is 8.17. The molecule has 1 unspecified atom stereocenters. The topological polar surface area (TPSA) is 92.3 Å². The van der Waals surface area contributed by atoms with Crippen LogP contribution in [0.25, 0.3) is 6.08 Å². The number of rotatable bonds is 2. The van der Waals surface area contributed by atoms with Crippen LogP contribution in [0.5, 0.6) is 0 Å². The second kappa shape index (κ2) is 6.55. The van der Waals surface area contributed by atoms with Gasteiger partial charge in [-0.2, -0.15) is 0 Å². The molecule has 0 spiro atoms. The molecule has 0 bridgehead atoms. The molecule has 0 aromatic carbocycles. The standard InChI is InChI=1S/C20H27N5O2/c1-20(11-17(26)24(2)19(21)23-20)14-7-5-9-25(12-14)18(27)16-10-13-6-3-4-8-15(13)22-16/h4,8,10,14,22H,3,5-7,9,11-12H2,1-2H3,(H2,21,23)/t14?,20-/m0/s1. The van der Waals surface area contributed by atoms with E-state index in [1.54, 1.807) is 7.05 Å². The molecule has 7 heteroatoms. The number of aryl methyl sites for hydroxylation is 1. The summed E-state index contributed by atoms with van der Waals surface area (Å²) in [6.07, 6.45) is 8.37. The Kier molecular flexibility index (Phi) is 4.32. The molecular formula is C20H27N5O2. The number of nitrogens with zero attached hydrogens (tertiary/aromatic N) is 2.